The van der Waals surface area contributed by atoms with E-state index in [0.717, 1.165) is 12.8 Å². The Hall–Kier alpha value is -0.560. The molecule has 92 valence electrons. The first kappa shape index (κ1) is 13.5. The molecule has 0 aromatic carbocycles. The monoisotopic (exact) mass is 222 g/mol. The Balaban J connectivity index is 2.76. The van der Waals surface area contributed by atoms with Gasteiger partial charge in [-0.25, -0.2) is 0 Å². The fraction of sp³-hybridized carbons (Fsp3) is 0.733. The zero-order valence-corrected chi connectivity index (χ0v) is 11.2. The second-order valence-electron chi connectivity index (χ2n) is 5.79. The van der Waals surface area contributed by atoms with Crippen molar-refractivity contribution in [2.45, 2.75) is 59.0 Å². The van der Waals surface area contributed by atoms with Gasteiger partial charge in [0.1, 0.15) is 0 Å². The van der Waals surface area contributed by atoms with E-state index in [1.54, 1.807) is 0 Å². The van der Waals surface area contributed by atoms with E-state index in [4.69, 9.17) is 0 Å². The molecule has 0 aliphatic heterocycles. The average Bonchev–Trinajstić information content (AvgIpc) is 2.15. The minimum Gasteiger partial charge on any atom is -0.390 e. The van der Waals surface area contributed by atoms with Crippen molar-refractivity contribution in [2.75, 3.05) is 0 Å². The minimum absolute atomic E-state index is 0.274. The lowest BCUT2D eigenvalue weighted by molar-refractivity contribution is 0.0336. The first-order chi connectivity index (χ1) is 7.39. The van der Waals surface area contributed by atoms with E-state index in [1.165, 1.54) is 18.4 Å². The summed E-state index contributed by atoms with van der Waals surface area (Å²) in [7, 11) is 0. The standard InChI is InChI=1S/C15H26O/c1-12-6-5-7-13(2)9-11-14(10-8-12)15(3,4)16/h6,9,11,13-14,16H,5,7-8,10H2,1-4H3/b11-9+,12-6+/t13-,14-/m0/s1. The maximum absolute atomic E-state index is 10.1. The Morgan fingerprint density at radius 3 is 2.56 bits per heavy atom. The molecule has 0 heterocycles. The Morgan fingerprint density at radius 1 is 1.25 bits per heavy atom. The van der Waals surface area contributed by atoms with Crippen molar-refractivity contribution in [1.82, 2.24) is 0 Å². The van der Waals surface area contributed by atoms with Crippen LogP contribution in [0.15, 0.2) is 23.8 Å². The topological polar surface area (TPSA) is 20.2 Å². The molecule has 0 saturated carbocycles. The number of rotatable bonds is 1. The summed E-state index contributed by atoms with van der Waals surface area (Å²) in [6.45, 7) is 8.29. The van der Waals surface area contributed by atoms with Crippen LogP contribution in [-0.2, 0) is 0 Å². The van der Waals surface area contributed by atoms with Crippen LogP contribution in [0.25, 0.3) is 0 Å². The summed E-state index contributed by atoms with van der Waals surface area (Å²) >= 11 is 0. The molecule has 0 amide bonds. The zero-order chi connectivity index (χ0) is 12.2. The summed E-state index contributed by atoms with van der Waals surface area (Å²) in [5.41, 5.74) is 0.868. The van der Waals surface area contributed by atoms with Crippen LogP contribution >= 0.6 is 0 Å². The Kier molecular flexibility index (Phi) is 4.79. The summed E-state index contributed by atoms with van der Waals surface area (Å²) in [5, 5.41) is 10.1. The molecule has 0 bridgehead atoms. The summed E-state index contributed by atoms with van der Waals surface area (Å²) < 4.78 is 0. The number of hydrogen-bond acceptors (Lipinski definition) is 1. The van der Waals surface area contributed by atoms with Gasteiger partial charge in [0.2, 0.25) is 0 Å². The number of aliphatic hydroxyl groups is 1. The van der Waals surface area contributed by atoms with Crippen molar-refractivity contribution in [3.05, 3.63) is 23.8 Å². The van der Waals surface area contributed by atoms with E-state index in [-0.39, 0.29) is 5.92 Å². The van der Waals surface area contributed by atoms with Crippen molar-refractivity contribution in [1.29, 1.82) is 0 Å². The number of allylic oxidation sites excluding steroid dienone is 3. The Labute approximate surface area is 100 Å². The van der Waals surface area contributed by atoms with Crippen LogP contribution in [0.2, 0.25) is 0 Å². The maximum atomic E-state index is 10.1. The third-order valence-corrected chi connectivity index (χ3v) is 3.54. The summed E-state index contributed by atoms with van der Waals surface area (Å²) in [4.78, 5) is 0. The van der Waals surface area contributed by atoms with E-state index in [0.29, 0.717) is 5.92 Å². The van der Waals surface area contributed by atoms with E-state index in [2.05, 4.69) is 32.1 Å². The van der Waals surface area contributed by atoms with Crippen molar-refractivity contribution in [3.63, 3.8) is 0 Å². The quantitative estimate of drug-likeness (QED) is 0.663. The van der Waals surface area contributed by atoms with Gasteiger partial charge in [-0.15, -0.1) is 0 Å². The van der Waals surface area contributed by atoms with Crippen LogP contribution < -0.4 is 0 Å². The third kappa shape index (κ3) is 4.52. The molecule has 0 radical (unpaired) electrons. The first-order valence-electron chi connectivity index (χ1n) is 6.46. The molecule has 0 saturated heterocycles. The first-order valence-corrected chi connectivity index (χ1v) is 6.46. The lowest BCUT2D eigenvalue weighted by Gasteiger charge is -2.27. The highest BCUT2D eigenvalue weighted by Crippen LogP contribution is 2.27. The van der Waals surface area contributed by atoms with E-state index in [1.807, 2.05) is 13.8 Å². The minimum atomic E-state index is -0.601. The molecule has 0 aromatic heterocycles. The molecule has 16 heavy (non-hydrogen) atoms. The van der Waals surface area contributed by atoms with Gasteiger partial charge in [0.05, 0.1) is 5.60 Å². The summed E-state index contributed by atoms with van der Waals surface area (Å²) in [6, 6.07) is 0. The third-order valence-electron chi connectivity index (χ3n) is 3.54. The van der Waals surface area contributed by atoms with Gasteiger partial charge in [-0.2, -0.15) is 0 Å². The molecule has 0 fully saturated rings. The molecular formula is C15H26O. The van der Waals surface area contributed by atoms with Crippen LogP contribution in [0.1, 0.15) is 53.4 Å². The van der Waals surface area contributed by atoms with Crippen LogP contribution in [0.4, 0.5) is 0 Å². The molecular weight excluding hydrogens is 196 g/mol. The zero-order valence-electron chi connectivity index (χ0n) is 11.2. The average molecular weight is 222 g/mol. The van der Waals surface area contributed by atoms with E-state index < -0.39 is 5.60 Å². The molecule has 0 spiro atoms. The van der Waals surface area contributed by atoms with Gasteiger partial charge in [0.15, 0.2) is 0 Å². The van der Waals surface area contributed by atoms with E-state index >= 15 is 0 Å². The van der Waals surface area contributed by atoms with Crippen molar-refractivity contribution in [2.24, 2.45) is 11.8 Å². The summed E-state index contributed by atoms with van der Waals surface area (Å²) in [6.07, 6.45) is 11.4. The maximum Gasteiger partial charge on any atom is 0.0654 e. The molecule has 1 heteroatoms. The molecule has 1 N–H and O–H groups in total. The molecule has 0 aromatic rings. The fourth-order valence-corrected chi connectivity index (χ4v) is 2.18. The fourth-order valence-electron chi connectivity index (χ4n) is 2.18. The predicted octanol–water partition coefficient (Wildman–Crippen LogP) is 4.09. The highest BCUT2D eigenvalue weighted by Gasteiger charge is 2.24. The van der Waals surface area contributed by atoms with Crippen LogP contribution in [0, 0.1) is 11.8 Å². The van der Waals surface area contributed by atoms with Gasteiger partial charge in [-0.3, -0.25) is 0 Å². The molecule has 2 atom stereocenters. The second-order valence-corrected chi connectivity index (χ2v) is 5.79. The highest BCUT2D eigenvalue weighted by atomic mass is 16.3. The number of hydrogen-bond donors (Lipinski definition) is 1. The Bertz CT molecular complexity index is 268. The lowest BCUT2D eigenvalue weighted by atomic mass is 9.84. The van der Waals surface area contributed by atoms with Crippen LogP contribution in [0.3, 0.4) is 0 Å². The molecule has 0 unspecified atom stereocenters. The van der Waals surface area contributed by atoms with Crippen molar-refractivity contribution in [3.8, 4) is 0 Å². The van der Waals surface area contributed by atoms with Crippen LogP contribution in [-0.4, -0.2) is 10.7 Å². The van der Waals surface area contributed by atoms with Gasteiger partial charge < -0.3 is 5.11 Å². The SMILES string of the molecule is C/C1=C\CC[C@H](C)/C=C/[C@@H](C(C)(C)O)CC1. The molecule has 1 rings (SSSR count). The molecule has 1 aliphatic carbocycles. The van der Waals surface area contributed by atoms with Crippen molar-refractivity contribution >= 4 is 0 Å². The normalized spacial score (nSPS) is 33.9. The predicted molar refractivity (Wildman–Crippen MR) is 70.3 cm³/mol. The largest absolute Gasteiger partial charge is 0.390 e. The smallest absolute Gasteiger partial charge is 0.0654 e. The highest BCUT2D eigenvalue weighted by molar-refractivity contribution is 5.05. The second kappa shape index (κ2) is 5.67. The van der Waals surface area contributed by atoms with Gasteiger partial charge in [-0.05, 0) is 52.4 Å². The van der Waals surface area contributed by atoms with Gasteiger partial charge in [0.25, 0.3) is 0 Å². The Morgan fingerprint density at radius 2 is 1.94 bits per heavy atom. The van der Waals surface area contributed by atoms with Crippen LogP contribution in [0.5, 0.6) is 0 Å². The lowest BCUT2D eigenvalue weighted by Crippen LogP contribution is -2.29. The summed E-state index contributed by atoms with van der Waals surface area (Å²) in [5.74, 6) is 0.892. The van der Waals surface area contributed by atoms with Gasteiger partial charge in [-0.1, -0.05) is 30.7 Å². The van der Waals surface area contributed by atoms with Gasteiger partial charge >= 0.3 is 0 Å². The molecule has 1 nitrogen and oxygen atoms in total. The van der Waals surface area contributed by atoms with E-state index in [9.17, 15) is 5.11 Å². The molecule has 1 aliphatic rings. The van der Waals surface area contributed by atoms with Gasteiger partial charge in [0, 0.05) is 5.92 Å². The van der Waals surface area contributed by atoms with Crippen molar-refractivity contribution < 1.29 is 5.11 Å².